The van der Waals surface area contributed by atoms with Crippen LogP contribution in [0, 0.1) is 16.7 Å². The molecular weight excluding hydrogens is 180 g/mol. The summed E-state index contributed by atoms with van der Waals surface area (Å²) in [6.07, 6.45) is 2.02. The molecule has 0 aromatic carbocycles. The van der Waals surface area contributed by atoms with Crippen molar-refractivity contribution in [1.82, 2.24) is 0 Å². The molecule has 0 radical (unpaired) electrons. The second-order valence-electron chi connectivity index (χ2n) is 5.08. The minimum absolute atomic E-state index is 0.0239. The summed E-state index contributed by atoms with van der Waals surface area (Å²) >= 11 is 0. The van der Waals surface area contributed by atoms with Crippen LogP contribution in [0.5, 0.6) is 0 Å². The summed E-state index contributed by atoms with van der Waals surface area (Å²) < 4.78 is 0. The van der Waals surface area contributed by atoms with Gasteiger partial charge >= 0.3 is 0 Å². The lowest BCUT2D eigenvalue weighted by molar-refractivity contribution is 0.200. The van der Waals surface area contributed by atoms with Crippen LogP contribution in [0.25, 0.3) is 0 Å². The molecule has 0 unspecified atom stereocenters. The third kappa shape index (κ3) is 0.751. The first-order chi connectivity index (χ1) is 6.49. The lowest BCUT2D eigenvalue weighted by Gasteiger charge is -2.32. The number of fused-ring (bicyclic) bond motifs is 2. The molecule has 4 heteroatoms. The van der Waals surface area contributed by atoms with Gasteiger partial charge < -0.3 is 10.4 Å². The monoisotopic (exact) mass is 196 g/mol. The van der Waals surface area contributed by atoms with Crippen LogP contribution in [0.2, 0.25) is 0 Å². The van der Waals surface area contributed by atoms with Crippen molar-refractivity contribution in [2.75, 3.05) is 0 Å². The van der Waals surface area contributed by atoms with Gasteiger partial charge in [0.25, 0.3) is 0 Å². The zero-order chi connectivity index (χ0) is 10.6. The fourth-order valence-electron chi connectivity index (χ4n) is 3.13. The topological polar surface area (TPSA) is 65.2 Å². The Kier molecular flexibility index (Phi) is 1.69. The van der Waals surface area contributed by atoms with Gasteiger partial charge in [0.1, 0.15) is 11.4 Å². The highest BCUT2D eigenvalue weighted by atomic mass is 16.4. The predicted octanol–water partition coefficient (Wildman–Crippen LogP) is 2.10. The van der Waals surface area contributed by atoms with E-state index >= 15 is 0 Å². The van der Waals surface area contributed by atoms with Crippen molar-refractivity contribution in [1.29, 1.82) is 0 Å². The third-order valence-electron chi connectivity index (χ3n) is 4.53. The molecule has 2 rings (SSSR count). The van der Waals surface area contributed by atoms with Crippen molar-refractivity contribution in [2.24, 2.45) is 27.1 Å². The third-order valence-corrected chi connectivity index (χ3v) is 4.53. The molecule has 0 amide bonds. The van der Waals surface area contributed by atoms with Crippen LogP contribution < -0.4 is 0 Å². The number of hydrogen-bond acceptors (Lipinski definition) is 4. The van der Waals surface area contributed by atoms with E-state index in [1.807, 2.05) is 0 Å². The summed E-state index contributed by atoms with van der Waals surface area (Å²) in [5.41, 5.74) is 1.02. The van der Waals surface area contributed by atoms with E-state index in [1.165, 1.54) is 0 Å². The zero-order valence-electron chi connectivity index (χ0n) is 8.78. The van der Waals surface area contributed by atoms with E-state index in [9.17, 15) is 0 Å². The van der Waals surface area contributed by atoms with Crippen LogP contribution in [0.4, 0.5) is 0 Å². The summed E-state index contributed by atoms with van der Waals surface area (Å²) in [4.78, 5) is 0. The van der Waals surface area contributed by atoms with Crippen molar-refractivity contribution < 1.29 is 10.4 Å². The maximum Gasteiger partial charge on any atom is 0.111 e. The predicted molar refractivity (Wildman–Crippen MR) is 53.1 cm³/mol. The average molecular weight is 196 g/mol. The largest absolute Gasteiger partial charge is 0.411 e. The first-order valence-corrected chi connectivity index (χ1v) is 4.94. The smallest absolute Gasteiger partial charge is 0.111 e. The summed E-state index contributed by atoms with van der Waals surface area (Å²) in [6.45, 7) is 6.38. The molecule has 78 valence electrons. The van der Waals surface area contributed by atoms with E-state index < -0.39 is 0 Å². The van der Waals surface area contributed by atoms with Gasteiger partial charge in [-0.25, -0.2) is 0 Å². The molecule has 2 aliphatic carbocycles. The van der Waals surface area contributed by atoms with Crippen molar-refractivity contribution in [2.45, 2.75) is 33.6 Å². The fourth-order valence-corrected chi connectivity index (χ4v) is 3.13. The van der Waals surface area contributed by atoms with Gasteiger partial charge in [-0.3, -0.25) is 0 Å². The van der Waals surface area contributed by atoms with Crippen molar-refractivity contribution in [3.8, 4) is 0 Å². The van der Waals surface area contributed by atoms with E-state index in [4.69, 9.17) is 10.4 Å². The molecule has 2 bridgehead atoms. The molecule has 2 saturated carbocycles. The molecule has 0 heterocycles. The van der Waals surface area contributed by atoms with E-state index in [0.29, 0.717) is 11.4 Å². The van der Waals surface area contributed by atoms with Crippen LogP contribution in [-0.2, 0) is 0 Å². The van der Waals surface area contributed by atoms with Gasteiger partial charge in [-0.05, 0) is 18.3 Å². The quantitative estimate of drug-likeness (QED) is 0.460. The molecule has 0 aliphatic heterocycles. The average Bonchev–Trinajstić information content (AvgIpc) is 2.46. The summed E-state index contributed by atoms with van der Waals surface area (Å²) in [5, 5.41) is 24.5. The minimum Gasteiger partial charge on any atom is -0.411 e. The van der Waals surface area contributed by atoms with Gasteiger partial charge in [-0.1, -0.05) is 31.1 Å². The standard InChI is InChI=1S/C10H16N2O2/c1-9(2)6-4-5-10(9,3)8(12-14)7(6)11-13/h6,13-14H,4-5H2,1-3H3/b11-7-,12-8+/t6-,10-/m1/s1. The molecule has 2 aliphatic rings. The summed E-state index contributed by atoms with van der Waals surface area (Å²) in [7, 11) is 0. The lowest BCUT2D eigenvalue weighted by Crippen LogP contribution is -2.33. The number of hydrogen-bond donors (Lipinski definition) is 2. The number of rotatable bonds is 0. The maximum absolute atomic E-state index is 8.98. The lowest BCUT2D eigenvalue weighted by atomic mass is 9.70. The Morgan fingerprint density at radius 1 is 1.21 bits per heavy atom. The highest BCUT2D eigenvalue weighted by Gasteiger charge is 2.64. The van der Waals surface area contributed by atoms with Gasteiger partial charge in [-0.2, -0.15) is 0 Å². The Bertz CT molecular complexity index is 333. The fraction of sp³-hybridized carbons (Fsp3) is 0.800. The molecule has 2 N–H and O–H groups in total. The molecule has 2 fully saturated rings. The summed E-state index contributed by atoms with van der Waals surface area (Å²) in [6, 6.07) is 0. The SMILES string of the molecule is CC1(C)[C@@H]2CC[C@]1(C)C(=N/O)/C2=N\O. The van der Waals surface area contributed by atoms with E-state index in [2.05, 4.69) is 31.1 Å². The summed E-state index contributed by atoms with van der Waals surface area (Å²) in [5.74, 6) is 0.225. The van der Waals surface area contributed by atoms with Crippen LogP contribution >= 0.6 is 0 Å². The second kappa shape index (κ2) is 2.49. The van der Waals surface area contributed by atoms with Crippen molar-refractivity contribution in [3.63, 3.8) is 0 Å². The first kappa shape index (κ1) is 9.49. The van der Waals surface area contributed by atoms with Crippen LogP contribution in [-0.4, -0.2) is 21.8 Å². The van der Waals surface area contributed by atoms with Crippen LogP contribution in [0.1, 0.15) is 33.6 Å². The van der Waals surface area contributed by atoms with E-state index in [-0.39, 0.29) is 16.7 Å². The van der Waals surface area contributed by atoms with Gasteiger partial charge in [0.15, 0.2) is 0 Å². The van der Waals surface area contributed by atoms with Crippen molar-refractivity contribution >= 4 is 11.4 Å². The molecule has 14 heavy (non-hydrogen) atoms. The van der Waals surface area contributed by atoms with Gasteiger partial charge in [0, 0.05) is 11.3 Å². The Morgan fingerprint density at radius 2 is 1.86 bits per heavy atom. The highest BCUT2D eigenvalue weighted by Crippen LogP contribution is 2.62. The molecule has 2 atom stereocenters. The Hall–Kier alpha value is -1.06. The molecule has 0 saturated heterocycles. The van der Waals surface area contributed by atoms with E-state index in [1.54, 1.807) is 0 Å². The first-order valence-electron chi connectivity index (χ1n) is 4.94. The Labute approximate surface area is 83.3 Å². The Morgan fingerprint density at radius 3 is 2.29 bits per heavy atom. The van der Waals surface area contributed by atoms with Gasteiger partial charge in [0.2, 0.25) is 0 Å². The van der Waals surface area contributed by atoms with Crippen molar-refractivity contribution in [3.05, 3.63) is 0 Å². The molecule has 4 nitrogen and oxygen atoms in total. The Balaban J connectivity index is 2.60. The van der Waals surface area contributed by atoms with Crippen LogP contribution in [0.3, 0.4) is 0 Å². The van der Waals surface area contributed by atoms with Gasteiger partial charge in [-0.15, -0.1) is 0 Å². The molecule has 0 aromatic rings. The zero-order valence-corrected chi connectivity index (χ0v) is 8.78. The van der Waals surface area contributed by atoms with E-state index in [0.717, 1.165) is 12.8 Å². The maximum atomic E-state index is 8.98. The molecular formula is C10H16N2O2. The minimum atomic E-state index is -0.145. The number of nitrogens with zero attached hydrogens (tertiary/aromatic N) is 2. The second-order valence-corrected chi connectivity index (χ2v) is 5.08. The highest BCUT2D eigenvalue weighted by molar-refractivity contribution is 6.47. The number of oxime groups is 2. The molecule has 0 aromatic heterocycles. The molecule has 0 spiro atoms. The van der Waals surface area contributed by atoms with Gasteiger partial charge in [0.05, 0.1) is 0 Å². The van der Waals surface area contributed by atoms with Crippen LogP contribution in [0.15, 0.2) is 10.3 Å². The normalized spacial score (nSPS) is 45.2.